The van der Waals surface area contributed by atoms with E-state index in [-0.39, 0.29) is 111 Å². The third-order valence-electron chi connectivity index (χ3n) is 19.0. The van der Waals surface area contributed by atoms with Crippen molar-refractivity contribution in [3.05, 3.63) is 131 Å². The van der Waals surface area contributed by atoms with E-state index in [1.165, 1.54) is 23.5 Å². The van der Waals surface area contributed by atoms with Crippen LogP contribution in [-0.2, 0) is 62.4 Å². The fraction of sp³-hybridized carbons (Fsp3) is 0.473. The van der Waals surface area contributed by atoms with Crippen molar-refractivity contribution in [2.45, 2.75) is 162 Å². The van der Waals surface area contributed by atoms with Crippen LogP contribution >= 0.6 is 11.3 Å². The van der Waals surface area contributed by atoms with E-state index >= 15 is 0 Å². The number of anilines is 3. The number of para-hydroxylation sites is 1. The third kappa shape index (κ3) is 19.2. The van der Waals surface area contributed by atoms with Crippen LogP contribution in [0.3, 0.4) is 0 Å². The number of carboxylic acids is 2. The predicted molar refractivity (Wildman–Crippen MR) is 378 cm³/mol. The molecule has 3 aromatic heterocycles. The molecule has 0 saturated carbocycles. The summed E-state index contributed by atoms with van der Waals surface area (Å²) < 4.78 is 32.8. The summed E-state index contributed by atoms with van der Waals surface area (Å²) in [5.74, 6) is -3.25. The summed E-state index contributed by atoms with van der Waals surface area (Å²) in [4.78, 5) is 116. The monoisotopic (exact) mass is 1410 g/mol. The van der Waals surface area contributed by atoms with Gasteiger partial charge in [0.2, 0.25) is 18.1 Å². The summed E-state index contributed by atoms with van der Waals surface area (Å²) >= 11 is 1.41. The molecule has 3 aromatic carbocycles. The number of benzene rings is 3. The van der Waals surface area contributed by atoms with Gasteiger partial charge < -0.3 is 54.5 Å². The highest BCUT2D eigenvalue weighted by molar-refractivity contribution is 7.22. The van der Waals surface area contributed by atoms with Gasteiger partial charge in [0, 0.05) is 99.5 Å². The Morgan fingerprint density at radius 2 is 1.68 bits per heavy atom. The van der Waals surface area contributed by atoms with E-state index in [2.05, 4.69) is 55.6 Å². The van der Waals surface area contributed by atoms with Gasteiger partial charge in [0.25, 0.3) is 17.7 Å². The van der Waals surface area contributed by atoms with Gasteiger partial charge in [0.15, 0.2) is 16.9 Å². The SMILES string of the molecule is CCC(CC(C)C)(Cn1ncc(-c2ccc(N3CCc4cccc(C(=O)Nc5nc6ccccc6s5)c4C3)nc2C(=O)O)c1C)CC(C)(CC)OCCN(C(=O)OC/C=C/c1ccc(O[C@H]2C[C@@H](O)C[C@@H](C(=O)O)O2)c(NC(=O)CCNC(=O)CCCCCN2C(=O)C=CC2=O)c1)C1COC1. The Bertz CT molecular complexity index is 4020. The number of aliphatic hydroxyl groups is 1. The molecule has 26 nitrogen and oxygen atoms in total. The Morgan fingerprint density at radius 3 is 2.41 bits per heavy atom. The van der Waals surface area contributed by atoms with Crippen LogP contribution in [0.4, 0.5) is 21.4 Å². The molecule has 0 spiro atoms. The van der Waals surface area contributed by atoms with Crippen LogP contribution in [-0.4, -0.2) is 175 Å². The molecule has 0 radical (unpaired) electrons. The number of imide groups is 1. The molecule has 0 bridgehead atoms. The van der Waals surface area contributed by atoms with Crippen molar-refractivity contribution < 1.29 is 77.4 Å². The van der Waals surface area contributed by atoms with Crippen molar-refractivity contribution in [1.29, 1.82) is 0 Å². The Morgan fingerprint density at radius 1 is 0.891 bits per heavy atom. The van der Waals surface area contributed by atoms with Crippen LogP contribution in [0.1, 0.15) is 148 Å². The summed E-state index contributed by atoms with van der Waals surface area (Å²) in [5.41, 5.74) is 4.79. The molecule has 4 aliphatic rings. The van der Waals surface area contributed by atoms with Crippen molar-refractivity contribution in [3.63, 3.8) is 0 Å². The van der Waals surface area contributed by atoms with Crippen molar-refractivity contribution >= 4 is 91.8 Å². The number of aromatic carboxylic acids is 1. The number of aliphatic hydroxyl groups excluding tert-OH is 1. The smallest absolute Gasteiger partial charge is 0.410 e. The van der Waals surface area contributed by atoms with Crippen LogP contribution in [0.5, 0.6) is 5.75 Å². The van der Waals surface area contributed by atoms with Crippen LogP contribution < -0.4 is 25.6 Å². The fourth-order valence-corrected chi connectivity index (χ4v) is 14.3. The van der Waals surface area contributed by atoms with Crippen molar-refractivity contribution in [3.8, 4) is 16.9 Å². The zero-order valence-electron chi connectivity index (χ0n) is 57.9. The molecule has 6 N–H and O–H groups in total. The zero-order valence-corrected chi connectivity index (χ0v) is 58.8. The van der Waals surface area contributed by atoms with Gasteiger partial charge in [0.1, 0.15) is 18.2 Å². The molecule has 6 aromatic rings. The topological polar surface area (TPSA) is 333 Å². The number of carbonyl (C=O) groups is 8. The second-order valence-corrected chi connectivity index (χ2v) is 27.9. The van der Waals surface area contributed by atoms with E-state index in [0.29, 0.717) is 110 Å². The molecular weight excluding hydrogens is 1320 g/mol. The first-order chi connectivity index (χ1) is 48.5. The Labute approximate surface area is 590 Å². The molecule has 4 aliphatic heterocycles. The van der Waals surface area contributed by atoms with Gasteiger partial charge in [-0.3, -0.25) is 43.8 Å². The molecule has 538 valence electrons. The molecule has 7 heterocycles. The van der Waals surface area contributed by atoms with Crippen molar-refractivity contribution in [1.82, 2.24) is 34.9 Å². The van der Waals surface area contributed by atoms with Crippen LogP contribution in [0.2, 0.25) is 0 Å². The van der Waals surface area contributed by atoms with E-state index in [1.54, 1.807) is 53.6 Å². The van der Waals surface area contributed by atoms with Gasteiger partial charge in [-0.2, -0.15) is 5.10 Å². The second-order valence-electron chi connectivity index (χ2n) is 26.9. The first-order valence-electron chi connectivity index (χ1n) is 34.6. The Balaban J connectivity index is 0.745. The predicted octanol–water partition coefficient (Wildman–Crippen LogP) is 10.2. The number of aromatic nitrogens is 4. The van der Waals surface area contributed by atoms with Gasteiger partial charge in [-0.05, 0) is 135 Å². The summed E-state index contributed by atoms with van der Waals surface area (Å²) in [5, 5.41) is 44.8. The highest BCUT2D eigenvalue weighted by Gasteiger charge is 2.41. The molecule has 10 rings (SSSR count). The quantitative estimate of drug-likeness (QED) is 0.0161. The van der Waals surface area contributed by atoms with Crippen LogP contribution in [0.15, 0.2) is 97.2 Å². The van der Waals surface area contributed by atoms with Gasteiger partial charge in [0.05, 0.1) is 59.7 Å². The lowest BCUT2D eigenvalue weighted by Gasteiger charge is -2.43. The Hall–Kier alpha value is -9.41. The average Bonchev–Trinajstić information content (AvgIpc) is 1.40. The summed E-state index contributed by atoms with van der Waals surface area (Å²) in [6.45, 7) is 15.4. The van der Waals surface area contributed by atoms with Gasteiger partial charge >= 0.3 is 18.0 Å². The van der Waals surface area contributed by atoms with Gasteiger partial charge in [-0.1, -0.05) is 81.9 Å². The number of thiazole rings is 1. The minimum atomic E-state index is -1.31. The number of ether oxygens (including phenoxy) is 5. The number of pyridine rings is 1. The summed E-state index contributed by atoms with van der Waals surface area (Å²) in [6.07, 6.45) is 8.61. The number of fused-ring (bicyclic) bond motifs is 2. The number of carboxylic acid groups (broad SMARTS) is 2. The van der Waals surface area contributed by atoms with Crippen LogP contribution in [0.25, 0.3) is 27.4 Å². The maximum Gasteiger partial charge on any atom is 0.410 e. The fourth-order valence-electron chi connectivity index (χ4n) is 13.5. The number of rotatable bonds is 34. The maximum atomic E-state index is 13.9. The lowest BCUT2D eigenvalue weighted by Crippen LogP contribution is -2.53. The number of nitrogens with zero attached hydrogens (tertiary/aromatic N) is 7. The highest BCUT2D eigenvalue weighted by atomic mass is 32.1. The lowest BCUT2D eigenvalue weighted by molar-refractivity contribution is -0.195. The number of aliphatic carboxylic acids is 1. The summed E-state index contributed by atoms with van der Waals surface area (Å²) in [7, 11) is 0. The molecule has 5 atom stereocenters. The second kappa shape index (κ2) is 33.8. The summed E-state index contributed by atoms with van der Waals surface area (Å²) in [6, 6.07) is 21.7. The number of hydrogen-bond donors (Lipinski definition) is 6. The van der Waals surface area contributed by atoms with Gasteiger partial charge in [-0.25, -0.2) is 24.4 Å². The molecule has 6 amide bonds. The lowest BCUT2D eigenvalue weighted by atomic mass is 9.70. The first kappa shape index (κ1) is 74.3. The number of amides is 6. The third-order valence-corrected chi connectivity index (χ3v) is 20.0. The van der Waals surface area contributed by atoms with Crippen molar-refractivity contribution in [2.24, 2.45) is 11.3 Å². The first-order valence-corrected chi connectivity index (χ1v) is 35.4. The molecule has 0 aliphatic carbocycles. The van der Waals surface area contributed by atoms with E-state index < -0.39 is 48.0 Å². The standard InChI is InChI=1S/C74H90N10O16S/c1-7-73(6,44-74(8-2,39-46(3)4)45-84-47(5)54(40-76-84)52-23-25-61(79-67(52)70(93)94)81-32-29-49-17-14-18-53(55(49)41-81)68(90)80-71-78-56-19-11-12-20-60(56)101-71)98-35-33-82(50-42-96-43-50)72(95)97-34-15-16-48-22-24-58(99-66-38-51(85)37-59(100-66)69(91)92)57(36-48)77-63(87)28-30-75-62(86)21-10-9-13-31-83-64(88)26-27-65(83)89/h11-12,14-20,22-27,36,40,46,50-51,59,66,85H,7-10,13,21,28-35,37-39,41-45H2,1-6H3,(H,75,86)(H,77,87)(H,91,92)(H,93,94)(H,78,80,90)/b16-15+/t51-,59-,66+,73?,74?/m0/s1. The maximum absolute atomic E-state index is 13.9. The minimum absolute atomic E-state index is 0.0166. The number of carbonyl (C=O) groups excluding carboxylic acids is 6. The minimum Gasteiger partial charge on any atom is -0.479 e. The molecular formula is C74H90N10O16S. The van der Waals surface area contributed by atoms with Crippen LogP contribution in [0, 0.1) is 18.3 Å². The Kier molecular flexibility index (Phi) is 24.9. The van der Waals surface area contributed by atoms with Gasteiger partial charge in [-0.15, -0.1) is 0 Å². The number of nitrogens with one attached hydrogen (secondary N) is 3. The zero-order chi connectivity index (χ0) is 72.0. The molecule has 2 unspecified atom stereocenters. The molecule has 2 fully saturated rings. The van der Waals surface area contributed by atoms with E-state index in [9.17, 15) is 53.7 Å². The number of unbranched alkanes of at least 4 members (excludes halogenated alkanes) is 2. The highest BCUT2D eigenvalue weighted by Crippen LogP contribution is 2.44. The number of hydrogen-bond acceptors (Lipinski definition) is 19. The molecule has 2 saturated heterocycles. The normalized spacial score (nSPS) is 18.1. The molecule has 27 heteroatoms. The largest absolute Gasteiger partial charge is 0.479 e. The van der Waals surface area contributed by atoms with E-state index in [1.807, 2.05) is 59.0 Å². The van der Waals surface area contributed by atoms with E-state index in [4.69, 9.17) is 33.8 Å². The van der Waals surface area contributed by atoms with E-state index in [0.717, 1.165) is 44.8 Å². The van der Waals surface area contributed by atoms with Crippen molar-refractivity contribution in [2.75, 3.05) is 68.1 Å². The average molecular weight is 1410 g/mol. The molecule has 101 heavy (non-hydrogen) atoms.